The van der Waals surface area contributed by atoms with Crippen LogP contribution in [0.4, 0.5) is 8.78 Å². The van der Waals surface area contributed by atoms with Crippen molar-refractivity contribution in [1.29, 1.82) is 0 Å². The minimum atomic E-state index is -0.809. The van der Waals surface area contributed by atoms with Gasteiger partial charge in [-0.1, -0.05) is 18.2 Å². The van der Waals surface area contributed by atoms with Crippen molar-refractivity contribution in [3.63, 3.8) is 0 Å². The molecule has 0 saturated carbocycles. The zero-order valence-electron chi connectivity index (χ0n) is 12.6. The quantitative estimate of drug-likeness (QED) is 0.559. The molecule has 0 aliphatic carbocycles. The van der Waals surface area contributed by atoms with E-state index < -0.39 is 17.5 Å². The van der Waals surface area contributed by atoms with Gasteiger partial charge in [-0.05, 0) is 36.2 Å². The molecule has 0 aliphatic heterocycles. The monoisotopic (exact) mass is 328 g/mol. The molecule has 6 heteroatoms. The van der Waals surface area contributed by atoms with Crippen LogP contribution in [0, 0.1) is 11.6 Å². The van der Waals surface area contributed by atoms with E-state index in [1.54, 1.807) is 18.2 Å². The highest BCUT2D eigenvalue weighted by molar-refractivity contribution is 6.44. The number of ketones is 1. The van der Waals surface area contributed by atoms with Crippen molar-refractivity contribution in [1.82, 2.24) is 10.3 Å². The number of hydrogen-bond donors (Lipinski definition) is 2. The highest BCUT2D eigenvalue weighted by Crippen LogP contribution is 2.19. The van der Waals surface area contributed by atoms with E-state index >= 15 is 0 Å². The summed E-state index contributed by atoms with van der Waals surface area (Å²) in [6.07, 6.45) is 1.65. The van der Waals surface area contributed by atoms with Gasteiger partial charge in [0, 0.05) is 23.6 Å². The van der Waals surface area contributed by atoms with E-state index in [-0.39, 0.29) is 24.3 Å². The number of Topliss-reactive ketones (excluding diaryl/α,β-unsaturated/α-hetero) is 1. The number of carbonyl (C=O) groups is 2. The molecule has 4 nitrogen and oxygen atoms in total. The lowest BCUT2D eigenvalue weighted by Crippen LogP contribution is -2.32. The fraction of sp³-hybridized carbons (Fsp3) is 0.111. The van der Waals surface area contributed by atoms with Gasteiger partial charge in [0.05, 0.1) is 5.56 Å². The molecule has 1 amide bonds. The lowest BCUT2D eigenvalue weighted by Gasteiger charge is -2.05. The highest BCUT2D eigenvalue weighted by atomic mass is 19.1. The minimum Gasteiger partial charge on any atom is -0.360 e. The average Bonchev–Trinajstić information content (AvgIpc) is 2.98. The lowest BCUT2D eigenvalue weighted by atomic mass is 10.1. The Bertz CT molecular complexity index is 918. The second-order valence-electron chi connectivity index (χ2n) is 5.32. The second kappa shape index (κ2) is 6.62. The number of aromatic nitrogens is 1. The Morgan fingerprint density at radius 2 is 1.88 bits per heavy atom. The van der Waals surface area contributed by atoms with Crippen LogP contribution in [-0.4, -0.2) is 23.2 Å². The molecule has 0 aliphatic rings. The smallest absolute Gasteiger partial charge is 0.292 e. The Balaban J connectivity index is 1.67. The zero-order valence-corrected chi connectivity index (χ0v) is 12.6. The molecule has 2 aromatic carbocycles. The number of halogens is 2. The van der Waals surface area contributed by atoms with E-state index in [4.69, 9.17) is 0 Å². The first-order valence-corrected chi connectivity index (χ1v) is 7.39. The van der Waals surface area contributed by atoms with Crippen LogP contribution in [0.1, 0.15) is 15.9 Å². The van der Waals surface area contributed by atoms with Crippen LogP contribution in [-0.2, 0) is 11.2 Å². The first-order valence-electron chi connectivity index (χ1n) is 7.39. The van der Waals surface area contributed by atoms with E-state index in [1.807, 2.05) is 0 Å². The summed E-state index contributed by atoms with van der Waals surface area (Å²) in [5.74, 6) is -2.42. The summed E-state index contributed by atoms with van der Waals surface area (Å²) in [5.41, 5.74) is 1.13. The fourth-order valence-corrected chi connectivity index (χ4v) is 2.50. The van der Waals surface area contributed by atoms with Crippen molar-refractivity contribution < 1.29 is 18.4 Å². The predicted molar refractivity (Wildman–Crippen MR) is 85.7 cm³/mol. The van der Waals surface area contributed by atoms with Crippen molar-refractivity contribution in [3.05, 3.63) is 71.4 Å². The maximum absolute atomic E-state index is 13.5. The van der Waals surface area contributed by atoms with Crippen LogP contribution in [0.3, 0.4) is 0 Å². The molecular weight excluding hydrogens is 314 g/mol. The number of fused-ring (bicyclic) bond motifs is 1. The van der Waals surface area contributed by atoms with Gasteiger partial charge in [-0.2, -0.15) is 0 Å². The Labute approximate surface area is 136 Å². The highest BCUT2D eigenvalue weighted by Gasteiger charge is 2.20. The van der Waals surface area contributed by atoms with Crippen molar-refractivity contribution in [2.24, 2.45) is 0 Å². The summed E-state index contributed by atoms with van der Waals surface area (Å²) in [6.45, 7) is 0.127. The number of H-pyrrole nitrogens is 1. The number of nitrogens with one attached hydrogen (secondary N) is 2. The number of carbonyl (C=O) groups excluding carboxylic acids is 2. The number of amides is 1. The number of hydrogen-bond acceptors (Lipinski definition) is 2. The zero-order chi connectivity index (χ0) is 17.1. The standard InChI is InChI=1S/C18H14F2N2O2/c19-12-5-6-16-13(9-12)14(10-22-16)17(23)18(24)21-8-7-11-3-1-2-4-15(11)20/h1-6,9-10,22H,7-8H2,(H,21,24). The number of benzene rings is 2. The van der Waals surface area contributed by atoms with Crippen LogP contribution >= 0.6 is 0 Å². The van der Waals surface area contributed by atoms with Gasteiger partial charge in [0.2, 0.25) is 0 Å². The van der Waals surface area contributed by atoms with E-state index in [1.165, 1.54) is 30.5 Å². The fourth-order valence-electron chi connectivity index (χ4n) is 2.50. The molecule has 24 heavy (non-hydrogen) atoms. The van der Waals surface area contributed by atoms with Gasteiger partial charge in [-0.25, -0.2) is 8.78 Å². The summed E-state index contributed by atoms with van der Waals surface area (Å²) in [4.78, 5) is 27.0. The minimum absolute atomic E-state index is 0.105. The Hall–Kier alpha value is -3.02. The van der Waals surface area contributed by atoms with Crippen molar-refractivity contribution >= 4 is 22.6 Å². The van der Waals surface area contributed by atoms with E-state index in [0.29, 0.717) is 16.5 Å². The van der Waals surface area contributed by atoms with Crippen LogP contribution in [0.25, 0.3) is 10.9 Å². The first-order chi connectivity index (χ1) is 11.6. The van der Waals surface area contributed by atoms with Gasteiger partial charge in [0.1, 0.15) is 11.6 Å². The van der Waals surface area contributed by atoms with Gasteiger partial charge in [-0.3, -0.25) is 9.59 Å². The second-order valence-corrected chi connectivity index (χ2v) is 5.32. The molecular formula is C18H14F2N2O2. The molecule has 0 atom stereocenters. The third-order valence-corrected chi connectivity index (χ3v) is 3.73. The average molecular weight is 328 g/mol. The molecule has 0 bridgehead atoms. The van der Waals surface area contributed by atoms with Crippen LogP contribution in [0.2, 0.25) is 0 Å². The van der Waals surface area contributed by atoms with Gasteiger partial charge < -0.3 is 10.3 Å². The van der Waals surface area contributed by atoms with E-state index in [9.17, 15) is 18.4 Å². The summed E-state index contributed by atoms with van der Waals surface area (Å²) >= 11 is 0. The summed E-state index contributed by atoms with van der Waals surface area (Å²) < 4.78 is 26.8. The maximum atomic E-state index is 13.5. The molecule has 1 heterocycles. The maximum Gasteiger partial charge on any atom is 0.292 e. The molecule has 0 spiro atoms. The third-order valence-electron chi connectivity index (χ3n) is 3.73. The van der Waals surface area contributed by atoms with E-state index in [2.05, 4.69) is 10.3 Å². The molecule has 0 unspecified atom stereocenters. The Kier molecular flexibility index (Phi) is 4.37. The molecule has 2 N–H and O–H groups in total. The van der Waals surface area contributed by atoms with Crippen LogP contribution in [0.15, 0.2) is 48.7 Å². The van der Waals surface area contributed by atoms with Crippen LogP contribution in [0.5, 0.6) is 0 Å². The summed E-state index contributed by atoms with van der Waals surface area (Å²) in [7, 11) is 0. The topological polar surface area (TPSA) is 62.0 Å². The molecule has 1 aromatic heterocycles. The summed E-state index contributed by atoms with van der Waals surface area (Å²) in [6, 6.07) is 10.2. The van der Waals surface area contributed by atoms with Crippen LogP contribution < -0.4 is 5.32 Å². The normalized spacial score (nSPS) is 10.8. The van der Waals surface area contributed by atoms with Gasteiger partial charge in [-0.15, -0.1) is 0 Å². The molecule has 0 fully saturated rings. The van der Waals surface area contributed by atoms with Crippen molar-refractivity contribution in [3.8, 4) is 0 Å². The predicted octanol–water partition coefficient (Wildman–Crippen LogP) is 2.99. The van der Waals surface area contributed by atoms with Gasteiger partial charge in [0.15, 0.2) is 0 Å². The lowest BCUT2D eigenvalue weighted by molar-refractivity contribution is -0.116. The third kappa shape index (κ3) is 3.17. The Morgan fingerprint density at radius 1 is 1.08 bits per heavy atom. The first kappa shape index (κ1) is 15.9. The van der Waals surface area contributed by atoms with E-state index in [0.717, 1.165) is 0 Å². The number of aromatic amines is 1. The molecule has 0 radical (unpaired) electrons. The van der Waals surface area contributed by atoms with Crippen molar-refractivity contribution in [2.45, 2.75) is 6.42 Å². The SMILES string of the molecule is O=C(NCCc1ccccc1F)C(=O)c1c[nH]c2ccc(F)cc12. The Morgan fingerprint density at radius 3 is 2.67 bits per heavy atom. The molecule has 3 rings (SSSR count). The van der Waals surface area contributed by atoms with Crippen molar-refractivity contribution in [2.75, 3.05) is 6.54 Å². The van der Waals surface area contributed by atoms with Gasteiger partial charge >= 0.3 is 0 Å². The summed E-state index contributed by atoms with van der Waals surface area (Å²) in [5, 5.41) is 2.81. The largest absolute Gasteiger partial charge is 0.360 e. The number of rotatable bonds is 5. The molecule has 122 valence electrons. The molecule has 0 saturated heterocycles. The van der Waals surface area contributed by atoms with Gasteiger partial charge in [0.25, 0.3) is 11.7 Å². The molecule has 3 aromatic rings.